The van der Waals surface area contributed by atoms with E-state index < -0.39 is 0 Å². The van der Waals surface area contributed by atoms with Gasteiger partial charge in [-0.1, -0.05) is 60.6 Å². The van der Waals surface area contributed by atoms with Crippen LogP contribution in [0.25, 0.3) is 10.9 Å². The van der Waals surface area contributed by atoms with E-state index in [9.17, 15) is 4.79 Å². The SMILES string of the molecule is CCCOC(=O)Cc1c(C)n(C(=S)c2ccc(C)cc2)c2cc(Cl)c(OC)cc12. The first-order chi connectivity index (χ1) is 13.9. The highest BCUT2D eigenvalue weighted by molar-refractivity contribution is 7.80. The smallest absolute Gasteiger partial charge is 0.310 e. The van der Waals surface area contributed by atoms with Gasteiger partial charge in [-0.3, -0.25) is 4.79 Å². The van der Waals surface area contributed by atoms with Gasteiger partial charge in [0.15, 0.2) is 0 Å². The number of nitrogens with zero attached hydrogens (tertiary/aromatic N) is 1. The molecule has 3 aromatic rings. The summed E-state index contributed by atoms with van der Waals surface area (Å²) < 4.78 is 12.7. The number of rotatable bonds is 6. The molecule has 6 heteroatoms. The number of hydrogen-bond donors (Lipinski definition) is 0. The first-order valence-corrected chi connectivity index (χ1v) is 10.3. The zero-order chi connectivity index (χ0) is 21.1. The van der Waals surface area contributed by atoms with Crippen LogP contribution in [-0.4, -0.2) is 29.2 Å². The molecule has 0 saturated heterocycles. The van der Waals surface area contributed by atoms with E-state index >= 15 is 0 Å². The van der Waals surface area contributed by atoms with Crippen molar-refractivity contribution in [3.05, 3.63) is 63.8 Å². The first-order valence-electron chi connectivity index (χ1n) is 9.51. The van der Waals surface area contributed by atoms with Gasteiger partial charge in [0.2, 0.25) is 0 Å². The van der Waals surface area contributed by atoms with Crippen LogP contribution in [-0.2, 0) is 16.0 Å². The third kappa shape index (κ3) is 4.31. The molecule has 0 fully saturated rings. The lowest BCUT2D eigenvalue weighted by atomic mass is 10.1. The lowest BCUT2D eigenvalue weighted by molar-refractivity contribution is -0.142. The van der Waals surface area contributed by atoms with E-state index in [-0.39, 0.29) is 12.4 Å². The maximum Gasteiger partial charge on any atom is 0.310 e. The quantitative estimate of drug-likeness (QED) is 0.375. The van der Waals surface area contributed by atoms with Crippen LogP contribution in [0.5, 0.6) is 5.75 Å². The van der Waals surface area contributed by atoms with Gasteiger partial charge >= 0.3 is 5.97 Å². The Bertz CT molecular complexity index is 1070. The lowest BCUT2D eigenvalue weighted by Crippen LogP contribution is -2.14. The zero-order valence-corrected chi connectivity index (χ0v) is 18.6. The summed E-state index contributed by atoms with van der Waals surface area (Å²) in [4.78, 5) is 13.0. The van der Waals surface area contributed by atoms with Gasteiger partial charge in [-0.2, -0.15) is 0 Å². The molecule has 0 saturated carbocycles. The minimum absolute atomic E-state index is 0.163. The Morgan fingerprint density at radius 2 is 1.86 bits per heavy atom. The van der Waals surface area contributed by atoms with Crippen molar-refractivity contribution in [3.63, 3.8) is 0 Å². The number of aromatic nitrogens is 1. The molecular weight excluding hydrogens is 406 g/mol. The van der Waals surface area contributed by atoms with Crippen molar-refractivity contribution in [3.8, 4) is 5.75 Å². The Balaban J connectivity index is 2.17. The van der Waals surface area contributed by atoms with Crippen molar-refractivity contribution in [2.75, 3.05) is 13.7 Å². The summed E-state index contributed by atoms with van der Waals surface area (Å²) in [6, 6.07) is 11.8. The number of ether oxygens (including phenoxy) is 2. The summed E-state index contributed by atoms with van der Waals surface area (Å²) in [7, 11) is 1.57. The highest BCUT2D eigenvalue weighted by Gasteiger charge is 2.22. The summed E-state index contributed by atoms with van der Waals surface area (Å²) in [5, 5.41) is 1.37. The van der Waals surface area contributed by atoms with Crippen LogP contribution in [0.4, 0.5) is 0 Å². The number of halogens is 1. The van der Waals surface area contributed by atoms with E-state index in [2.05, 4.69) is 0 Å². The third-order valence-corrected chi connectivity index (χ3v) is 5.61. The van der Waals surface area contributed by atoms with E-state index in [4.69, 9.17) is 33.3 Å². The Kier molecular flexibility index (Phi) is 6.60. The molecule has 4 nitrogen and oxygen atoms in total. The van der Waals surface area contributed by atoms with Gasteiger partial charge < -0.3 is 14.0 Å². The predicted molar refractivity (Wildman–Crippen MR) is 121 cm³/mol. The van der Waals surface area contributed by atoms with Crippen molar-refractivity contribution in [2.24, 2.45) is 0 Å². The minimum Gasteiger partial charge on any atom is -0.495 e. The molecular formula is C23H24ClNO3S. The predicted octanol–water partition coefficient (Wildman–Crippen LogP) is 5.64. The molecule has 0 amide bonds. The van der Waals surface area contributed by atoms with Crippen LogP contribution >= 0.6 is 23.8 Å². The van der Waals surface area contributed by atoms with Gasteiger partial charge in [-0.15, -0.1) is 0 Å². The number of esters is 1. The van der Waals surface area contributed by atoms with Crippen LogP contribution < -0.4 is 4.74 Å². The number of hydrogen-bond acceptors (Lipinski definition) is 4. The molecule has 152 valence electrons. The van der Waals surface area contributed by atoms with Gasteiger partial charge in [0.1, 0.15) is 10.7 Å². The summed E-state index contributed by atoms with van der Waals surface area (Å²) in [6.07, 6.45) is 0.948. The maximum absolute atomic E-state index is 12.4. The van der Waals surface area contributed by atoms with Crippen LogP contribution in [0.1, 0.15) is 35.7 Å². The van der Waals surface area contributed by atoms with E-state index in [1.165, 1.54) is 0 Å². The van der Waals surface area contributed by atoms with Crippen molar-refractivity contribution in [1.82, 2.24) is 4.57 Å². The molecule has 2 aromatic carbocycles. The maximum atomic E-state index is 12.4. The molecule has 3 rings (SSSR count). The largest absolute Gasteiger partial charge is 0.495 e. The van der Waals surface area contributed by atoms with E-state index in [0.717, 1.165) is 39.7 Å². The molecule has 29 heavy (non-hydrogen) atoms. The van der Waals surface area contributed by atoms with Gasteiger partial charge in [-0.05, 0) is 38.0 Å². The van der Waals surface area contributed by atoms with Gasteiger partial charge in [0.25, 0.3) is 0 Å². The van der Waals surface area contributed by atoms with Crippen LogP contribution in [0, 0.1) is 13.8 Å². The Morgan fingerprint density at radius 3 is 2.48 bits per heavy atom. The fourth-order valence-electron chi connectivity index (χ4n) is 3.36. The topological polar surface area (TPSA) is 40.5 Å². The van der Waals surface area contributed by atoms with Gasteiger partial charge in [0, 0.05) is 16.6 Å². The summed E-state index contributed by atoms with van der Waals surface area (Å²) in [5.74, 6) is 0.296. The number of methoxy groups -OCH3 is 1. The molecule has 0 aliphatic heterocycles. The molecule has 0 unspecified atom stereocenters. The van der Waals surface area contributed by atoms with E-state index in [0.29, 0.717) is 22.4 Å². The zero-order valence-electron chi connectivity index (χ0n) is 17.0. The van der Waals surface area contributed by atoms with Crippen molar-refractivity contribution >= 4 is 45.7 Å². The van der Waals surface area contributed by atoms with Crippen molar-refractivity contribution in [2.45, 2.75) is 33.6 Å². The molecule has 0 aliphatic rings. The average Bonchev–Trinajstić information content (AvgIpc) is 2.96. The number of benzene rings is 2. The Hall–Kier alpha value is -2.37. The summed E-state index contributed by atoms with van der Waals surface area (Å²) in [6.45, 7) is 6.38. The summed E-state index contributed by atoms with van der Waals surface area (Å²) in [5.41, 5.74) is 4.70. The van der Waals surface area contributed by atoms with E-state index in [1.807, 2.05) is 61.7 Å². The summed E-state index contributed by atoms with van der Waals surface area (Å²) >= 11 is 12.2. The molecule has 0 bridgehead atoms. The molecule has 1 heterocycles. The number of aryl methyl sites for hydroxylation is 1. The first kappa shape index (κ1) is 21.3. The normalized spacial score (nSPS) is 10.9. The second-order valence-corrected chi connectivity index (χ2v) is 7.77. The lowest BCUT2D eigenvalue weighted by Gasteiger charge is -2.12. The second-order valence-electron chi connectivity index (χ2n) is 6.97. The van der Waals surface area contributed by atoms with Gasteiger partial charge in [0.05, 0.1) is 30.7 Å². The number of fused-ring (bicyclic) bond motifs is 1. The number of thiocarbonyl (C=S) groups is 1. The average molecular weight is 430 g/mol. The molecule has 0 aliphatic carbocycles. The Labute approximate surface area is 181 Å². The van der Waals surface area contributed by atoms with Crippen LogP contribution in [0.2, 0.25) is 5.02 Å². The molecule has 0 atom stereocenters. The van der Waals surface area contributed by atoms with Gasteiger partial charge in [-0.25, -0.2) is 0 Å². The fraction of sp³-hybridized carbons (Fsp3) is 0.304. The van der Waals surface area contributed by atoms with Crippen LogP contribution in [0.3, 0.4) is 0 Å². The highest BCUT2D eigenvalue weighted by atomic mass is 35.5. The molecule has 1 aromatic heterocycles. The highest BCUT2D eigenvalue weighted by Crippen LogP contribution is 2.35. The number of carbonyl (C=O) groups is 1. The van der Waals surface area contributed by atoms with Crippen molar-refractivity contribution in [1.29, 1.82) is 0 Å². The molecule has 0 N–H and O–H groups in total. The Morgan fingerprint density at radius 1 is 1.17 bits per heavy atom. The standard InChI is InChI=1S/C23H24ClNO3S/c1-5-10-28-22(26)12-17-15(3)25(23(29)16-8-6-14(2)7-9-16)20-13-19(24)21(27-4)11-18(17)20/h6-9,11,13H,5,10,12H2,1-4H3. The third-order valence-electron chi connectivity index (χ3n) is 4.90. The molecule has 0 radical (unpaired) electrons. The van der Waals surface area contributed by atoms with E-state index in [1.54, 1.807) is 7.11 Å². The van der Waals surface area contributed by atoms with Crippen molar-refractivity contribution < 1.29 is 14.3 Å². The fourth-order valence-corrected chi connectivity index (χ4v) is 3.96. The number of carbonyl (C=O) groups excluding carboxylic acids is 1. The monoisotopic (exact) mass is 429 g/mol. The minimum atomic E-state index is -0.260. The van der Waals surface area contributed by atoms with Crippen LogP contribution in [0.15, 0.2) is 36.4 Å². The second kappa shape index (κ2) is 8.97. The molecule has 0 spiro atoms.